The van der Waals surface area contributed by atoms with Crippen LogP contribution in [-0.2, 0) is 11.2 Å². The van der Waals surface area contributed by atoms with Crippen LogP contribution in [0, 0.1) is 17.8 Å². The Kier molecular flexibility index (Phi) is 4.31. The molecule has 4 atom stereocenters. The molecule has 4 rings (SSSR count). The molecule has 24 heavy (non-hydrogen) atoms. The van der Waals surface area contributed by atoms with Gasteiger partial charge in [-0.05, 0) is 55.6 Å². The summed E-state index contributed by atoms with van der Waals surface area (Å²) in [7, 11) is 0. The van der Waals surface area contributed by atoms with Crippen LogP contribution in [0.2, 0.25) is 0 Å². The first kappa shape index (κ1) is 15.7. The third kappa shape index (κ3) is 2.84. The lowest BCUT2D eigenvalue weighted by atomic mass is 9.85. The molecule has 2 fully saturated rings. The molecule has 2 bridgehead atoms. The average Bonchev–Trinajstić information content (AvgIpc) is 3.29. The highest BCUT2D eigenvalue weighted by Gasteiger charge is 2.47. The second-order valence-corrected chi connectivity index (χ2v) is 7.49. The summed E-state index contributed by atoms with van der Waals surface area (Å²) < 4.78 is 0. The van der Waals surface area contributed by atoms with E-state index in [1.54, 1.807) is 0 Å². The fourth-order valence-corrected chi connectivity index (χ4v) is 4.93. The Bertz CT molecular complexity index is 723. The van der Waals surface area contributed by atoms with Gasteiger partial charge in [-0.1, -0.05) is 18.2 Å². The first-order chi connectivity index (χ1) is 11.8. The zero-order valence-corrected chi connectivity index (χ0v) is 14.0. The molecule has 2 aliphatic rings. The molecule has 0 aliphatic heterocycles. The summed E-state index contributed by atoms with van der Waals surface area (Å²) in [5.41, 5.74) is 2.44. The molecule has 0 spiro atoms. The van der Waals surface area contributed by atoms with Crippen LogP contribution >= 0.6 is 0 Å². The number of benzene rings is 1. The maximum atomic E-state index is 12.3. The smallest absolute Gasteiger partial charge is 0.220 e. The minimum absolute atomic E-state index is 0.144. The van der Waals surface area contributed by atoms with Gasteiger partial charge in [0.25, 0.3) is 0 Å². The molecule has 1 heterocycles. The summed E-state index contributed by atoms with van der Waals surface area (Å²) >= 11 is 0. The Morgan fingerprint density at radius 3 is 2.96 bits per heavy atom. The lowest BCUT2D eigenvalue weighted by molar-refractivity contribution is -0.122. The number of hydrogen-bond donors (Lipinski definition) is 3. The van der Waals surface area contributed by atoms with Crippen LogP contribution in [0.15, 0.2) is 30.5 Å². The number of aromatic nitrogens is 1. The molecule has 2 saturated carbocycles. The Labute approximate surface area is 142 Å². The maximum Gasteiger partial charge on any atom is 0.220 e. The second-order valence-electron chi connectivity index (χ2n) is 7.49. The molecular formula is C20H26N2O2. The van der Waals surface area contributed by atoms with E-state index in [-0.39, 0.29) is 24.5 Å². The molecule has 4 unspecified atom stereocenters. The summed E-state index contributed by atoms with van der Waals surface area (Å²) in [4.78, 5) is 15.6. The highest BCUT2D eigenvalue weighted by molar-refractivity contribution is 5.83. The standard InChI is InChI=1S/C20H26N2O2/c23-12-17-13-8-9-14(10-13)20(17)22-19(24)7-3-4-15-11-21-18-6-2-1-5-16(15)18/h1-2,5-6,11,13-14,17,20-21,23H,3-4,7-10,12H2,(H,22,24). The number of hydrogen-bond acceptors (Lipinski definition) is 2. The Morgan fingerprint density at radius 1 is 1.25 bits per heavy atom. The minimum atomic E-state index is 0.144. The van der Waals surface area contributed by atoms with E-state index in [0.717, 1.165) is 18.4 Å². The fourth-order valence-electron chi connectivity index (χ4n) is 4.93. The van der Waals surface area contributed by atoms with E-state index < -0.39 is 0 Å². The van der Waals surface area contributed by atoms with Crippen molar-refractivity contribution in [1.29, 1.82) is 0 Å². The Hall–Kier alpha value is -1.81. The first-order valence-electron chi connectivity index (χ1n) is 9.21. The van der Waals surface area contributed by atoms with Gasteiger partial charge in [0.15, 0.2) is 0 Å². The van der Waals surface area contributed by atoms with Crippen molar-refractivity contribution in [2.75, 3.05) is 6.61 Å². The number of rotatable bonds is 6. The molecular weight excluding hydrogens is 300 g/mol. The number of aliphatic hydroxyl groups excluding tert-OH is 1. The number of carbonyl (C=O) groups is 1. The zero-order valence-electron chi connectivity index (χ0n) is 14.0. The van der Waals surface area contributed by atoms with E-state index in [1.165, 1.54) is 30.2 Å². The van der Waals surface area contributed by atoms with Gasteiger partial charge in [0.2, 0.25) is 5.91 Å². The van der Waals surface area contributed by atoms with Gasteiger partial charge in [0, 0.05) is 42.1 Å². The SMILES string of the molecule is O=C(CCCc1c[nH]c2ccccc12)NC1C2CCC(C2)C1CO. The summed E-state index contributed by atoms with van der Waals surface area (Å²) in [6, 6.07) is 8.49. The van der Waals surface area contributed by atoms with Gasteiger partial charge in [-0.15, -0.1) is 0 Å². The van der Waals surface area contributed by atoms with Crippen molar-refractivity contribution < 1.29 is 9.90 Å². The number of fused-ring (bicyclic) bond motifs is 3. The van der Waals surface area contributed by atoms with Gasteiger partial charge >= 0.3 is 0 Å². The molecule has 1 amide bonds. The van der Waals surface area contributed by atoms with E-state index in [0.29, 0.717) is 18.3 Å². The van der Waals surface area contributed by atoms with E-state index >= 15 is 0 Å². The molecule has 1 aromatic heterocycles. The molecule has 2 aromatic rings. The van der Waals surface area contributed by atoms with Gasteiger partial charge in [-0.25, -0.2) is 0 Å². The molecule has 4 heteroatoms. The predicted octanol–water partition coefficient (Wildman–Crippen LogP) is 3.01. The molecule has 2 aliphatic carbocycles. The number of amides is 1. The lowest BCUT2D eigenvalue weighted by Crippen LogP contribution is -2.45. The van der Waals surface area contributed by atoms with Crippen molar-refractivity contribution in [3.8, 4) is 0 Å². The monoisotopic (exact) mass is 326 g/mol. The average molecular weight is 326 g/mol. The number of carbonyl (C=O) groups excluding carboxylic acids is 1. The molecule has 4 nitrogen and oxygen atoms in total. The Balaban J connectivity index is 1.29. The van der Waals surface area contributed by atoms with Gasteiger partial charge < -0.3 is 15.4 Å². The van der Waals surface area contributed by atoms with Crippen molar-refractivity contribution in [3.63, 3.8) is 0 Å². The fraction of sp³-hybridized carbons (Fsp3) is 0.550. The van der Waals surface area contributed by atoms with Gasteiger partial charge in [0.05, 0.1) is 0 Å². The second kappa shape index (κ2) is 6.60. The number of para-hydroxylation sites is 1. The van der Waals surface area contributed by atoms with Crippen molar-refractivity contribution in [3.05, 3.63) is 36.0 Å². The van der Waals surface area contributed by atoms with Crippen molar-refractivity contribution in [2.24, 2.45) is 17.8 Å². The maximum absolute atomic E-state index is 12.3. The number of aromatic amines is 1. The van der Waals surface area contributed by atoms with Crippen molar-refractivity contribution in [2.45, 2.75) is 44.6 Å². The number of aliphatic hydroxyl groups is 1. The normalized spacial score (nSPS) is 28.5. The predicted molar refractivity (Wildman–Crippen MR) is 94.6 cm³/mol. The van der Waals surface area contributed by atoms with E-state index in [1.807, 2.05) is 6.07 Å². The van der Waals surface area contributed by atoms with Gasteiger partial charge in [-0.3, -0.25) is 4.79 Å². The molecule has 128 valence electrons. The quantitative estimate of drug-likeness (QED) is 0.764. The van der Waals surface area contributed by atoms with E-state index in [9.17, 15) is 9.90 Å². The summed E-state index contributed by atoms with van der Waals surface area (Å²) in [6.45, 7) is 0.210. The van der Waals surface area contributed by atoms with E-state index in [2.05, 4.69) is 34.7 Å². The molecule has 3 N–H and O–H groups in total. The summed E-state index contributed by atoms with van der Waals surface area (Å²) in [5.74, 6) is 1.63. The molecule has 1 aromatic carbocycles. The number of nitrogens with one attached hydrogen (secondary N) is 2. The number of aryl methyl sites for hydroxylation is 1. The zero-order chi connectivity index (χ0) is 16.5. The summed E-state index contributed by atoms with van der Waals surface area (Å²) in [6.07, 6.45) is 8.01. The van der Waals surface area contributed by atoms with Gasteiger partial charge in [0.1, 0.15) is 0 Å². The van der Waals surface area contributed by atoms with Crippen LogP contribution < -0.4 is 5.32 Å². The summed E-state index contributed by atoms with van der Waals surface area (Å²) in [5, 5.41) is 14.1. The largest absolute Gasteiger partial charge is 0.396 e. The van der Waals surface area contributed by atoms with E-state index in [4.69, 9.17) is 0 Å². The highest BCUT2D eigenvalue weighted by atomic mass is 16.3. The lowest BCUT2D eigenvalue weighted by Gasteiger charge is -2.30. The van der Waals surface area contributed by atoms with Crippen molar-refractivity contribution in [1.82, 2.24) is 10.3 Å². The van der Waals surface area contributed by atoms with Crippen molar-refractivity contribution >= 4 is 16.8 Å². The van der Waals surface area contributed by atoms with Crippen LogP contribution in [0.3, 0.4) is 0 Å². The van der Waals surface area contributed by atoms with Crippen LogP contribution in [0.5, 0.6) is 0 Å². The molecule has 0 radical (unpaired) electrons. The minimum Gasteiger partial charge on any atom is -0.396 e. The number of H-pyrrole nitrogens is 1. The van der Waals surface area contributed by atoms with Gasteiger partial charge in [-0.2, -0.15) is 0 Å². The Morgan fingerprint density at radius 2 is 2.08 bits per heavy atom. The van der Waals surface area contributed by atoms with Crippen LogP contribution in [-0.4, -0.2) is 28.6 Å². The first-order valence-corrected chi connectivity index (χ1v) is 9.21. The third-order valence-corrected chi connectivity index (χ3v) is 6.15. The van der Waals surface area contributed by atoms with Crippen LogP contribution in [0.4, 0.5) is 0 Å². The molecule has 0 saturated heterocycles. The van der Waals surface area contributed by atoms with Crippen LogP contribution in [0.25, 0.3) is 10.9 Å². The topological polar surface area (TPSA) is 65.1 Å². The third-order valence-electron chi connectivity index (χ3n) is 6.15. The van der Waals surface area contributed by atoms with Crippen LogP contribution in [0.1, 0.15) is 37.7 Å². The highest BCUT2D eigenvalue weighted by Crippen LogP contribution is 2.48.